The van der Waals surface area contributed by atoms with Gasteiger partial charge in [-0.25, -0.2) is 5.01 Å². The van der Waals surface area contributed by atoms with Gasteiger partial charge in [0.15, 0.2) is 11.3 Å². The zero-order chi connectivity index (χ0) is 20.8. The van der Waals surface area contributed by atoms with Crippen molar-refractivity contribution in [2.75, 3.05) is 13.4 Å². The molecule has 30 heavy (non-hydrogen) atoms. The lowest BCUT2D eigenvalue weighted by Crippen LogP contribution is -2.50. The first kappa shape index (κ1) is 19.1. The van der Waals surface area contributed by atoms with Gasteiger partial charge in [0, 0.05) is 15.3 Å². The fraction of sp³-hybridized carbons (Fsp3) is 0.136. The Bertz CT molecular complexity index is 1350. The molecular formula is C22H17BrN4O2S. The van der Waals surface area contributed by atoms with Crippen LogP contribution >= 0.6 is 27.7 Å². The molecule has 3 aromatic carbocycles. The molecular weight excluding hydrogens is 464 g/mol. The number of fused-ring (bicyclic) bond motifs is 3. The van der Waals surface area contributed by atoms with Crippen LogP contribution in [0.15, 0.2) is 69.2 Å². The molecule has 0 saturated heterocycles. The topological polar surface area (TPSA) is 66.3 Å². The van der Waals surface area contributed by atoms with Crippen molar-refractivity contribution in [2.45, 2.75) is 6.17 Å². The number of methoxy groups -OCH3 is 1. The molecule has 0 unspecified atom stereocenters. The van der Waals surface area contributed by atoms with E-state index in [1.807, 2.05) is 54.8 Å². The third-order valence-electron chi connectivity index (χ3n) is 5.17. The Morgan fingerprint density at radius 2 is 2.00 bits per heavy atom. The second-order valence-electron chi connectivity index (χ2n) is 6.82. The Morgan fingerprint density at radius 3 is 2.80 bits per heavy atom. The Balaban J connectivity index is 1.87. The third kappa shape index (κ3) is 2.98. The van der Waals surface area contributed by atoms with Crippen LogP contribution in [0, 0.1) is 0 Å². The fourth-order valence-electron chi connectivity index (χ4n) is 3.85. The maximum absolute atomic E-state index is 13.1. The van der Waals surface area contributed by atoms with Gasteiger partial charge in [0.25, 0.3) is 5.91 Å². The van der Waals surface area contributed by atoms with Crippen LogP contribution in [0.25, 0.3) is 16.5 Å². The summed E-state index contributed by atoms with van der Waals surface area (Å²) < 4.78 is 6.59. The molecule has 0 spiro atoms. The Labute approximate surface area is 185 Å². The lowest BCUT2D eigenvalue weighted by atomic mass is 9.99. The lowest BCUT2D eigenvalue weighted by Gasteiger charge is -2.34. The second-order valence-corrected chi connectivity index (χ2v) is 8.53. The smallest absolute Gasteiger partial charge is 0.276 e. The highest BCUT2D eigenvalue weighted by Gasteiger charge is 2.36. The number of nitrogens with one attached hydrogen (secondary N) is 1. The van der Waals surface area contributed by atoms with Crippen molar-refractivity contribution in [2.24, 2.45) is 10.1 Å². The maximum Gasteiger partial charge on any atom is 0.276 e. The molecule has 6 nitrogen and oxygen atoms in total. The summed E-state index contributed by atoms with van der Waals surface area (Å²) in [7, 11) is 1.64. The third-order valence-corrected chi connectivity index (χ3v) is 6.24. The van der Waals surface area contributed by atoms with Crippen molar-refractivity contribution in [3.63, 3.8) is 0 Å². The van der Waals surface area contributed by atoms with Crippen molar-refractivity contribution in [3.05, 3.63) is 75.2 Å². The van der Waals surface area contributed by atoms with Crippen LogP contribution < -0.4 is 20.6 Å². The van der Waals surface area contributed by atoms with E-state index in [4.69, 9.17) is 14.8 Å². The molecule has 5 rings (SSSR count). The zero-order valence-electron chi connectivity index (χ0n) is 16.2. The minimum absolute atomic E-state index is 0.201. The van der Waals surface area contributed by atoms with E-state index in [9.17, 15) is 4.79 Å². The first-order valence-corrected chi connectivity index (χ1v) is 11.3. The summed E-state index contributed by atoms with van der Waals surface area (Å²) in [5.74, 6) is 0.502. The number of rotatable bonds is 2. The summed E-state index contributed by atoms with van der Waals surface area (Å²) in [6, 6.07) is 17.8. The molecule has 0 bridgehead atoms. The van der Waals surface area contributed by atoms with E-state index in [2.05, 4.69) is 27.3 Å². The Kier molecular flexibility index (Phi) is 4.75. The first-order valence-electron chi connectivity index (χ1n) is 9.27. The summed E-state index contributed by atoms with van der Waals surface area (Å²) in [4.78, 5) is 18.1. The molecule has 0 aromatic heterocycles. The van der Waals surface area contributed by atoms with E-state index in [-0.39, 0.29) is 5.91 Å². The van der Waals surface area contributed by atoms with Gasteiger partial charge in [0.1, 0.15) is 11.4 Å². The number of ether oxygens (including phenoxy) is 1. The van der Waals surface area contributed by atoms with Gasteiger partial charge in [-0.3, -0.25) is 15.1 Å². The lowest BCUT2D eigenvalue weighted by molar-refractivity contribution is -0.116. The Morgan fingerprint density at radius 1 is 1.17 bits per heavy atom. The molecule has 0 radical (unpaired) electrons. The number of benzene rings is 3. The van der Waals surface area contributed by atoms with E-state index in [0.717, 1.165) is 31.4 Å². The largest absolute Gasteiger partial charge is 0.496 e. The number of thioether (sulfide) groups is 1. The molecule has 0 fully saturated rings. The number of nitrogens with zero attached hydrogens (tertiary/aromatic N) is 3. The van der Waals surface area contributed by atoms with Gasteiger partial charge >= 0.3 is 0 Å². The van der Waals surface area contributed by atoms with Gasteiger partial charge in [0.2, 0.25) is 0 Å². The number of amides is 1. The van der Waals surface area contributed by atoms with E-state index in [1.54, 1.807) is 12.1 Å². The number of amidine groups is 1. The van der Waals surface area contributed by atoms with E-state index < -0.39 is 6.17 Å². The highest BCUT2D eigenvalue weighted by molar-refractivity contribution is 9.10. The minimum Gasteiger partial charge on any atom is -0.496 e. The SMILES string of the molecule is COc1ccc2ccccc2c1[C@@H]1N=c2ccc(Br)cc2=C2C(=O)NC(SC)=NN21. The quantitative estimate of drug-likeness (QED) is 0.611. The minimum atomic E-state index is -0.539. The summed E-state index contributed by atoms with van der Waals surface area (Å²) >= 11 is 4.88. The van der Waals surface area contributed by atoms with E-state index in [0.29, 0.717) is 16.6 Å². The standard InChI is InChI=1S/C22H17BrN4O2S/c1-29-17-10-7-12-5-3-4-6-14(12)18(17)20-24-16-9-8-13(23)11-15(16)19-21(28)25-22(30-2)26-27(19)20/h3-11,20H,1-2H3,(H,25,26,28)/t20-/m1/s1. The van der Waals surface area contributed by atoms with Crippen LogP contribution in [0.3, 0.4) is 0 Å². The van der Waals surface area contributed by atoms with Crippen molar-refractivity contribution in [3.8, 4) is 5.75 Å². The molecule has 2 heterocycles. The van der Waals surface area contributed by atoms with Crippen LogP contribution in [0.4, 0.5) is 0 Å². The average molecular weight is 481 g/mol. The summed E-state index contributed by atoms with van der Waals surface area (Å²) in [6.45, 7) is 0. The second kappa shape index (κ2) is 7.45. The monoisotopic (exact) mass is 480 g/mol. The van der Waals surface area contributed by atoms with Crippen LogP contribution in [-0.4, -0.2) is 29.4 Å². The van der Waals surface area contributed by atoms with Crippen molar-refractivity contribution >= 4 is 55.2 Å². The molecule has 1 N–H and O–H groups in total. The van der Waals surface area contributed by atoms with E-state index >= 15 is 0 Å². The molecule has 8 heteroatoms. The summed E-state index contributed by atoms with van der Waals surface area (Å²) in [6.07, 6.45) is 1.34. The van der Waals surface area contributed by atoms with Crippen LogP contribution in [0.1, 0.15) is 11.7 Å². The van der Waals surface area contributed by atoms with Gasteiger partial charge < -0.3 is 4.74 Å². The predicted molar refractivity (Wildman–Crippen MR) is 123 cm³/mol. The van der Waals surface area contributed by atoms with Crippen molar-refractivity contribution in [1.29, 1.82) is 0 Å². The van der Waals surface area contributed by atoms with E-state index in [1.165, 1.54) is 11.8 Å². The van der Waals surface area contributed by atoms with Crippen LogP contribution in [0.2, 0.25) is 0 Å². The number of carbonyl (C=O) groups excluding carboxylic acids is 1. The molecule has 2 aliphatic heterocycles. The molecule has 1 atom stereocenters. The molecule has 1 amide bonds. The zero-order valence-corrected chi connectivity index (χ0v) is 18.6. The fourth-order valence-corrected chi connectivity index (χ4v) is 4.58. The van der Waals surface area contributed by atoms with Gasteiger partial charge in [-0.2, -0.15) is 0 Å². The number of halogens is 1. The molecule has 2 aliphatic rings. The summed E-state index contributed by atoms with van der Waals surface area (Å²) in [5, 5.41) is 13.4. The average Bonchev–Trinajstić information content (AvgIpc) is 2.77. The Hall–Kier alpha value is -2.84. The highest BCUT2D eigenvalue weighted by atomic mass is 79.9. The van der Waals surface area contributed by atoms with Gasteiger partial charge in [-0.1, -0.05) is 58.0 Å². The van der Waals surface area contributed by atoms with Gasteiger partial charge in [0.05, 0.1) is 12.5 Å². The number of carbonyl (C=O) groups is 1. The number of hydrogen-bond acceptors (Lipinski definition) is 6. The molecule has 3 aromatic rings. The van der Waals surface area contributed by atoms with Crippen LogP contribution in [0.5, 0.6) is 5.75 Å². The number of hydrazone groups is 1. The highest BCUT2D eigenvalue weighted by Crippen LogP contribution is 2.39. The summed E-state index contributed by atoms with van der Waals surface area (Å²) in [5.41, 5.74) is 1.35. The van der Waals surface area contributed by atoms with Crippen molar-refractivity contribution in [1.82, 2.24) is 10.3 Å². The first-order chi connectivity index (χ1) is 14.6. The maximum atomic E-state index is 13.1. The van der Waals surface area contributed by atoms with Gasteiger partial charge in [-0.15, -0.1) is 5.10 Å². The molecule has 150 valence electrons. The normalized spacial score (nSPS) is 17.6. The van der Waals surface area contributed by atoms with Crippen LogP contribution in [-0.2, 0) is 4.79 Å². The molecule has 0 saturated carbocycles. The predicted octanol–water partition coefficient (Wildman–Crippen LogP) is 3.12. The van der Waals surface area contributed by atoms with Crippen molar-refractivity contribution < 1.29 is 9.53 Å². The number of hydrogen-bond donors (Lipinski definition) is 1. The van der Waals surface area contributed by atoms with Gasteiger partial charge in [-0.05, 0) is 41.3 Å². The molecule has 0 aliphatic carbocycles.